The third-order valence-electron chi connectivity index (χ3n) is 2.45. The molecular formula is C12H9BrN2O5S. The predicted molar refractivity (Wildman–Crippen MR) is 77.9 cm³/mol. The highest BCUT2D eigenvalue weighted by molar-refractivity contribution is 9.10. The number of hydrogen-bond acceptors (Lipinski definition) is 6. The second kappa shape index (κ2) is 5.80. The fourth-order valence-corrected chi connectivity index (χ4v) is 2.30. The minimum atomic E-state index is -4.24. The summed E-state index contributed by atoms with van der Waals surface area (Å²) in [6.45, 7) is 0. The average Bonchev–Trinajstić information content (AvgIpc) is 2.41. The molecule has 2 aromatic rings. The fourth-order valence-electron chi connectivity index (χ4n) is 1.41. The lowest BCUT2D eigenvalue weighted by molar-refractivity contribution is 0.403. The maximum Gasteiger partial charge on any atom is 0.294 e. The van der Waals surface area contributed by atoms with Gasteiger partial charge in [-0.25, -0.2) is 0 Å². The third-order valence-corrected chi connectivity index (χ3v) is 3.95. The summed E-state index contributed by atoms with van der Waals surface area (Å²) >= 11 is 3.16. The van der Waals surface area contributed by atoms with E-state index in [0.29, 0.717) is 10.2 Å². The van der Waals surface area contributed by atoms with E-state index in [-0.39, 0.29) is 22.1 Å². The van der Waals surface area contributed by atoms with Gasteiger partial charge in [-0.05, 0) is 40.2 Å². The fraction of sp³-hybridized carbons (Fsp3) is 0. The number of phenols is 2. The van der Waals surface area contributed by atoms with Gasteiger partial charge in [0, 0.05) is 16.6 Å². The maximum atomic E-state index is 10.9. The molecule has 2 rings (SSSR count). The molecule has 3 N–H and O–H groups in total. The summed E-state index contributed by atoms with van der Waals surface area (Å²) in [6.07, 6.45) is 0. The Balaban J connectivity index is 2.28. The van der Waals surface area contributed by atoms with Crippen LogP contribution in [0.25, 0.3) is 0 Å². The van der Waals surface area contributed by atoms with Gasteiger partial charge in [-0.1, -0.05) is 0 Å². The molecule has 0 spiro atoms. The minimum absolute atomic E-state index is 0.245. The number of phenolic OH excluding ortho intramolecular Hbond substituents is 2. The molecule has 2 aromatic carbocycles. The monoisotopic (exact) mass is 372 g/mol. The second-order valence-corrected chi connectivity index (χ2v) is 6.24. The van der Waals surface area contributed by atoms with Crippen molar-refractivity contribution in [2.24, 2.45) is 10.2 Å². The van der Waals surface area contributed by atoms with Crippen molar-refractivity contribution >= 4 is 37.4 Å². The van der Waals surface area contributed by atoms with Crippen molar-refractivity contribution < 1.29 is 23.2 Å². The molecule has 0 aliphatic rings. The molecule has 0 bridgehead atoms. The zero-order valence-electron chi connectivity index (χ0n) is 10.3. The summed E-state index contributed by atoms with van der Waals surface area (Å²) in [5.41, 5.74) is 0.631. The number of azo groups is 1. The molecule has 21 heavy (non-hydrogen) atoms. The van der Waals surface area contributed by atoms with Gasteiger partial charge < -0.3 is 10.2 Å². The van der Waals surface area contributed by atoms with Gasteiger partial charge in [0.2, 0.25) is 0 Å². The number of nitrogens with zero attached hydrogens (tertiary/aromatic N) is 2. The molecular weight excluding hydrogens is 364 g/mol. The van der Waals surface area contributed by atoms with E-state index in [1.807, 2.05) is 0 Å². The van der Waals surface area contributed by atoms with Crippen LogP contribution >= 0.6 is 15.9 Å². The highest BCUT2D eigenvalue weighted by atomic mass is 79.9. The maximum absolute atomic E-state index is 10.9. The minimum Gasteiger partial charge on any atom is -0.504 e. The SMILES string of the molecule is O=S(=O)(O)c1ccc(N=Nc2cc(O)c(O)cc2Br)cc1. The highest BCUT2D eigenvalue weighted by Crippen LogP contribution is 2.37. The molecule has 0 amide bonds. The first kappa shape index (κ1) is 15.4. The van der Waals surface area contributed by atoms with Crippen LogP contribution in [0.15, 0.2) is 56.0 Å². The largest absolute Gasteiger partial charge is 0.504 e. The van der Waals surface area contributed by atoms with Gasteiger partial charge in [-0.15, -0.1) is 5.11 Å². The van der Waals surface area contributed by atoms with Gasteiger partial charge >= 0.3 is 0 Å². The lowest BCUT2D eigenvalue weighted by Gasteiger charge is -2.01. The van der Waals surface area contributed by atoms with Crippen molar-refractivity contribution in [2.45, 2.75) is 4.90 Å². The van der Waals surface area contributed by atoms with Crippen molar-refractivity contribution in [1.29, 1.82) is 0 Å². The Hall–Kier alpha value is -1.97. The first-order valence-electron chi connectivity index (χ1n) is 5.48. The zero-order valence-corrected chi connectivity index (χ0v) is 12.7. The molecule has 9 heteroatoms. The summed E-state index contributed by atoms with van der Waals surface area (Å²) in [5.74, 6) is -0.632. The number of halogens is 1. The topological polar surface area (TPSA) is 120 Å². The molecule has 0 aromatic heterocycles. The van der Waals surface area contributed by atoms with E-state index in [2.05, 4.69) is 26.2 Å². The molecule has 110 valence electrons. The summed E-state index contributed by atoms with van der Waals surface area (Å²) in [4.78, 5) is -0.245. The van der Waals surface area contributed by atoms with E-state index in [1.165, 1.54) is 36.4 Å². The Morgan fingerprint density at radius 1 is 0.952 bits per heavy atom. The van der Waals surface area contributed by atoms with Crippen LogP contribution in [0, 0.1) is 0 Å². The Labute approximate surface area is 128 Å². The van der Waals surface area contributed by atoms with Crippen molar-refractivity contribution in [3.05, 3.63) is 40.9 Å². The number of aromatic hydroxyl groups is 2. The molecule has 0 saturated heterocycles. The molecule has 0 radical (unpaired) electrons. The molecule has 0 fully saturated rings. The summed E-state index contributed by atoms with van der Waals surface area (Å²) in [7, 11) is -4.24. The second-order valence-electron chi connectivity index (χ2n) is 3.96. The van der Waals surface area contributed by atoms with Crippen molar-refractivity contribution in [3.63, 3.8) is 0 Å². The molecule has 0 heterocycles. The molecule has 7 nitrogen and oxygen atoms in total. The van der Waals surface area contributed by atoms with Crippen LogP contribution in [0.3, 0.4) is 0 Å². The smallest absolute Gasteiger partial charge is 0.294 e. The van der Waals surface area contributed by atoms with Crippen LogP contribution in [-0.4, -0.2) is 23.2 Å². The van der Waals surface area contributed by atoms with E-state index in [1.54, 1.807) is 0 Å². The molecule has 0 aliphatic heterocycles. The molecule has 0 unspecified atom stereocenters. The number of hydrogen-bond donors (Lipinski definition) is 3. The van der Waals surface area contributed by atoms with Crippen LogP contribution in [0.4, 0.5) is 11.4 Å². The van der Waals surface area contributed by atoms with Crippen LogP contribution in [0.2, 0.25) is 0 Å². The van der Waals surface area contributed by atoms with E-state index in [4.69, 9.17) is 4.55 Å². The number of rotatable bonds is 3. The van der Waals surface area contributed by atoms with Gasteiger partial charge in [-0.3, -0.25) is 4.55 Å². The number of benzene rings is 2. The standard InChI is InChI=1S/C12H9BrN2O5S/c13-9-5-11(16)12(17)6-10(9)15-14-7-1-3-8(4-2-7)21(18,19)20/h1-6,16-17H,(H,18,19,20). The van der Waals surface area contributed by atoms with E-state index in [0.717, 1.165) is 0 Å². The van der Waals surface area contributed by atoms with Gasteiger partial charge in [0.15, 0.2) is 11.5 Å². The quantitative estimate of drug-likeness (QED) is 0.432. The first-order chi connectivity index (χ1) is 9.77. The van der Waals surface area contributed by atoms with E-state index >= 15 is 0 Å². The van der Waals surface area contributed by atoms with Crippen LogP contribution in [-0.2, 0) is 10.1 Å². The predicted octanol–water partition coefficient (Wildman–Crippen LogP) is 3.52. The van der Waals surface area contributed by atoms with Gasteiger partial charge in [0.05, 0.1) is 10.6 Å². The highest BCUT2D eigenvalue weighted by Gasteiger charge is 2.09. The first-order valence-corrected chi connectivity index (χ1v) is 7.71. The molecule has 0 saturated carbocycles. The molecule has 0 aliphatic carbocycles. The van der Waals surface area contributed by atoms with Crippen molar-refractivity contribution in [2.75, 3.05) is 0 Å². The van der Waals surface area contributed by atoms with Crippen LogP contribution in [0.1, 0.15) is 0 Å². The van der Waals surface area contributed by atoms with E-state index in [9.17, 15) is 18.6 Å². The third kappa shape index (κ3) is 3.78. The summed E-state index contributed by atoms with van der Waals surface area (Å²) in [5, 5.41) is 26.4. The molecule has 0 atom stereocenters. The Morgan fingerprint density at radius 2 is 1.52 bits per heavy atom. The normalized spacial score (nSPS) is 11.9. The Bertz CT molecular complexity index is 803. The van der Waals surface area contributed by atoms with Crippen molar-refractivity contribution in [1.82, 2.24) is 0 Å². The average molecular weight is 373 g/mol. The Kier molecular flexibility index (Phi) is 4.26. The van der Waals surface area contributed by atoms with Gasteiger partial charge in [-0.2, -0.15) is 13.5 Å². The lowest BCUT2D eigenvalue weighted by Crippen LogP contribution is -1.96. The van der Waals surface area contributed by atoms with Gasteiger partial charge in [0.25, 0.3) is 10.1 Å². The lowest BCUT2D eigenvalue weighted by atomic mass is 10.3. The van der Waals surface area contributed by atoms with Gasteiger partial charge in [0.1, 0.15) is 5.69 Å². The van der Waals surface area contributed by atoms with Crippen LogP contribution in [0.5, 0.6) is 11.5 Å². The summed E-state index contributed by atoms with van der Waals surface area (Å²) < 4.78 is 31.0. The van der Waals surface area contributed by atoms with Crippen LogP contribution < -0.4 is 0 Å². The van der Waals surface area contributed by atoms with E-state index < -0.39 is 10.1 Å². The Morgan fingerprint density at radius 3 is 2.10 bits per heavy atom. The summed E-state index contributed by atoms with van der Waals surface area (Å²) in [6, 6.07) is 7.59. The zero-order chi connectivity index (χ0) is 15.6. The van der Waals surface area contributed by atoms with Crippen molar-refractivity contribution in [3.8, 4) is 11.5 Å².